The van der Waals surface area contributed by atoms with E-state index in [1.165, 1.54) is 0 Å². The number of hydrogen-bond acceptors (Lipinski definition) is 1. The third-order valence-electron chi connectivity index (χ3n) is 5.33. The fourth-order valence-electron chi connectivity index (χ4n) is 3.32. The van der Waals surface area contributed by atoms with Crippen LogP contribution in [0.5, 0.6) is 0 Å². The summed E-state index contributed by atoms with van der Waals surface area (Å²) in [4.78, 5) is 0. The van der Waals surface area contributed by atoms with E-state index < -0.39 is 43.0 Å². The molecule has 1 rings (SSSR count). The Morgan fingerprint density at radius 2 is 1.08 bits per heavy atom. The van der Waals surface area contributed by atoms with Gasteiger partial charge in [-0.05, 0) is 31.0 Å². The van der Waals surface area contributed by atoms with Gasteiger partial charge >= 0.3 is 0 Å². The number of benzene rings is 1. The van der Waals surface area contributed by atoms with Crippen molar-refractivity contribution in [2.75, 3.05) is 7.11 Å². The largest absolute Gasteiger partial charge is 0.420 e. The van der Waals surface area contributed by atoms with Crippen molar-refractivity contribution in [1.82, 2.24) is 0 Å². The molecule has 0 amide bonds. The maximum atomic E-state index is 13.6. The fourth-order valence-corrected chi connectivity index (χ4v) is 6.20. The standard InChI is InChI=1S/C19H29F5OSi/c1-4-26(5-2,25-3)13-11-9-7-6-8-10-12-14-15(20)17(22)19(24)18(23)16(14)21/h4-13H2,1-3H3. The van der Waals surface area contributed by atoms with Crippen molar-refractivity contribution >= 4 is 8.32 Å². The predicted molar refractivity (Wildman–Crippen MR) is 96.2 cm³/mol. The summed E-state index contributed by atoms with van der Waals surface area (Å²) in [5.74, 6) is -9.24. The zero-order valence-electron chi connectivity index (χ0n) is 15.9. The molecule has 0 atom stereocenters. The quantitative estimate of drug-likeness (QED) is 0.123. The van der Waals surface area contributed by atoms with E-state index in [0.717, 1.165) is 43.8 Å². The van der Waals surface area contributed by atoms with Crippen LogP contribution in [0.1, 0.15) is 57.9 Å². The van der Waals surface area contributed by atoms with Gasteiger partial charge < -0.3 is 4.43 Å². The number of halogens is 5. The Bertz CT molecular complexity index is 538. The van der Waals surface area contributed by atoms with E-state index >= 15 is 0 Å². The molecule has 0 radical (unpaired) electrons. The Labute approximate surface area is 154 Å². The predicted octanol–water partition coefficient (Wildman–Crippen LogP) is 6.90. The first-order chi connectivity index (χ1) is 12.3. The van der Waals surface area contributed by atoms with Crippen LogP contribution in [0.15, 0.2) is 0 Å². The molecule has 0 bridgehead atoms. The van der Waals surface area contributed by atoms with Gasteiger partial charge in [-0.25, -0.2) is 22.0 Å². The summed E-state index contributed by atoms with van der Waals surface area (Å²) in [6.45, 7) is 4.36. The summed E-state index contributed by atoms with van der Waals surface area (Å²) in [6, 6.07) is 3.37. The molecular weight excluding hydrogens is 367 g/mol. The Kier molecular flexibility index (Phi) is 9.78. The van der Waals surface area contributed by atoms with Crippen molar-refractivity contribution in [2.24, 2.45) is 0 Å². The van der Waals surface area contributed by atoms with E-state index in [2.05, 4.69) is 13.8 Å². The highest BCUT2D eigenvalue weighted by Crippen LogP contribution is 2.26. The van der Waals surface area contributed by atoms with Crippen LogP contribution in [0.4, 0.5) is 22.0 Å². The molecule has 0 saturated carbocycles. The summed E-state index contributed by atoms with van der Waals surface area (Å²) in [6.07, 6.45) is 5.03. The molecule has 0 aliphatic heterocycles. The van der Waals surface area contributed by atoms with Gasteiger partial charge in [0, 0.05) is 12.7 Å². The summed E-state index contributed by atoms with van der Waals surface area (Å²) >= 11 is 0. The van der Waals surface area contributed by atoms with Gasteiger partial charge in [-0.2, -0.15) is 0 Å². The molecule has 0 aromatic heterocycles. The zero-order chi connectivity index (χ0) is 19.7. The second kappa shape index (κ2) is 11.0. The molecule has 150 valence electrons. The van der Waals surface area contributed by atoms with Gasteiger partial charge in [0.25, 0.3) is 0 Å². The van der Waals surface area contributed by atoms with E-state index in [1.54, 1.807) is 7.11 Å². The zero-order valence-corrected chi connectivity index (χ0v) is 16.9. The highest BCUT2D eigenvalue weighted by molar-refractivity contribution is 6.73. The molecule has 0 unspecified atom stereocenters. The van der Waals surface area contributed by atoms with Crippen molar-refractivity contribution in [2.45, 2.75) is 76.9 Å². The minimum absolute atomic E-state index is 0.142. The van der Waals surface area contributed by atoms with E-state index in [-0.39, 0.29) is 6.42 Å². The van der Waals surface area contributed by atoms with Gasteiger partial charge in [0.15, 0.2) is 31.6 Å². The number of hydrogen-bond donors (Lipinski definition) is 0. The van der Waals surface area contributed by atoms with Crippen LogP contribution in [0.25, 0.3) is 0 Å². The lowest BCUT2D eigenvalue weighted by Gasteiger charge is -2.27. The highest BCUT2D eigenvalue weighted by atomic mass is 28.4. The maximum absolute atomic E-state index is 13.6. The molecule has 1 nitrogen and oxygen atoms in total. The summed E-state index contributed by atoms with van der Waals surface area (Å²) < 4.78 is 72.1. The molecule has 0 aliphatic rings. The minimum Gasteiger partial charge on any atom is -0.420 e. The number of unbranched alkanes of at least 4 members (excludes halogenated alkanes) is 5. The van der Waals surface area contributed by atoms with Crippen LogP contribution in [-0.4, -0.2) is 15.4 Å². The topological polar surface area (TPSA) is 9.23 Å². The summed E-state index contributed by atoms with van der Waals surface area (Å²) in [5, 5.41) is 0. The highest BCUT2D eigenvalue weighted by Gasteiger charge is 2.28. The van der Waals surface area contributed by atoms with Gasteiger partial charge in [0.1, 0.15) is 0 Å². The molecule has 0 fully saturated rings. The Morgan fingerprint density at radius 3 is 1.54 bits per heavy atom. The van der Waals surface area contributed by atoms with Crippen molar-refractivity contribution in [1.29, 1.82) is 0 Å². The van der Waals surface area contributed by atoms with E-state index in [9.17, 15) is 22.0 Å². The molecule has 0 aliphatic carbocycles. The lowest BCUT2D eigenvalue weighted by Crippen LogP contribution is -2.34. The first kappa shape index (κ1) is 23.1. The normalized spacial score (nSPS) is 12.0. The van der Waals surface area contributed by atoms with Crippen molar-refractivity contribution < 1.29 is 26.4 Å². The van der Waals surface area contributed by atoms with Crippen LogP contribution in [0.3, 0.4) is 0 Å². The lowest BCUT2D eigenvalue weighted by atomic mass is 10.0. The fraction of sp³-hybridized carbons (Fsp3) is 0.684. The van der Waals surface area contributed by atoms with Crippen molar-refractivity contribution in [3.8, 4) is 0 Å². The first-order valence-electron chi connectivity index (χ1n) is 9.39. The van der Waals surface area contributed by atoms with Gasteiger partial charge in [-0.3, -0.25) is 0 Å². The molecular formula is C19H29F5OSi. The average Bonchev–Trinajstić information content (AvgIpc) is 2.66. The molecule has 0 saturated heterocycles. The number of rotatable bonds is 12. The smallest absolute Gasteiger partial charge is 0.200 e. The van der Waals surface area contributed by atoms with E-state index in [4.69, 9.17) is 4.43 Å². The molecule has 26 heavy (non-hydrogen) atoms. The molecule has 0 N–H and O–H groups in total. The third-order valence-corrected chi connectivity index (χ3v) is 10.0. The molecule has 1 aromatic rings. The second-order valence-electron chi connectivity index (χ2n) is 6.76. The van der Waals surface area contributed by atoms with Crippen LogP contribution in [0.2, 0.25) is 18.1 Å². The molecule has 0 heterocycles. The van der Waals surface area contributed by atoms with Crippen molar-refractivity contribution in [3.63, 3.8) is 0 Å². The lowest BCUT2D eigenvalue weighted by molar-refractivity contribution is 0.368. The first-order valence-corrected chi connectivity index (χ1v) is 11.9. The van der Waals surface area contributed by atoms with Crippen LogP contribution < -0.4 is 0 Å². The summed E-state index contributed by atoms with van der Waals surface area (Å²) in [7, 11) is 0.254. The third kappa shape index (κ3) is 5.77. The minimum atomic E-state index is -2.10. The van der Waals surface area contributed by atoms with Crippen LogP contribution >= 0.6 is 0 Å². The SMILES string of the molecule is CC[Si](CC)(CCCCCCCCc1c(F)c(F)c(F)c(F)c1F)OC. The van der Waals surface area contributed by atoms with Gasteiger partial charge in [-0.1, -0.05) is 46.0 Å². The van der Waals surface area contributed by atoms with E-state index in [0.29, 0.717) is 12.8 Å². The van der Waals surface area contributed by atoms with Gasteiger partial charge in [0.05, 0.1) is 0 Å². The molecule has 0 spiro atoms. The van der Waals surface area contributed by atoms with E-state index in [1.807, 2.05) is 0 Å². The van der Waals surface area contributed by atoms with Gasteiger partial charge in [-0.15, -0.1) is 0 Å². The molecule has 7 heteroatoms. The van der Waals surface area contributed by atoms with Crippen molar-refractivity contribution in [3.05, 3.63) is 34.6 Å². The molecule has 1 aromatic carbocycles. The van der Waals surface area contributed by atoms with Crippen LogP contribution in [-0.2, 0) is 10.8 Å². The maximum Gasteiger partial charge on any atom is 0.200 e. The monoisotopic (exact) mass is 396 g/mol. The Hall–Kier alpha value is -0.953. The van der Waals surface area contributed by atoms with Crippen LogP contribution in [0, 0.1) is 29.1 Å². The van der Waals surface area contributed by atoms with Gasteiger partial charge in [0.2, 0.25) is 5.82 Å². The summed E-state index contributed by atoms with van der Waals surface area (Å²) in [5.41, 5.74) is -0.705. The second-order valence-corrected chi connectivity index (χ2v) is 11.5. The Morgan fingerprint density at radius 1 is 0.654 bits per heavy atom. The Balaban J connectivity index is 2.33. The average molecular weight is 397 g/mol.